The highest BCUT2D eigenvalue weighted by Gasteiger charge is 2.58. The van der Waals surface area contributed by atoms with Gasteiger partial charge in [0.25, 0.3) is 5.56 Å². The van der Waals surface area contributed by atoms with Crippen LogP contribution in [0.5, 0.6) is 0 Å². The number of aliphatic hydroxyl groups excluding tert-OH is 1. The fraction of sp³-hybridized carbons (Fsp3) is 0.444. The van der Waals surface area contributed by atoms with Crippen LogP contribution in [0.25, 0.3) is 6.08 Å². The number of pyridine rings is 1. The number of carbonyl (C=O) groups excluding carboxylic acids is 2. The zero-order valence-corrected chi connectivity index (χ0v) is 20.1. The van der Waals surface area contributed by atoms with Crippen molar-refractivity contribution in [1.82, 2.24) is 14.4 Å². The Balaban J connectivity index is 1.54. The average Bonchev–Trinajstić information content (AvgIpc) is 3.40. The fourth-order valence-electron chi connectivity index (χ4n) is 6.14. The van der Waals surface area contributed by atoms with Crippen molar-refractivity contribution in [2.24, 2.45) is 11.8 Å². The molecule has 1 aromatic heterocycles. The van der Waals surface area contributed by atoms with Gasteiger partial charge in [-0.05, 0) is 36.6 Å². The van der Waals surface area contributed by atoms with E-state index in [-0.39, 0.29) is 36.5 Å². The van der Waals surface area contributed by atoms with Crippen molar-refractivity contribution in [2.45, 2.75) is 38.5 Å². The topological polar surface area (TPSA) is 92.1 Å². The van der Waals surface area contributed by atoms with Crippen LogP contribution >= 0.6 is 0 Å². The predicted octanol–water partition coefficient (Wildman–Crippen LogP) is 1.60. The lowest BCUT2D eigenvalue weighted by Crippen LogP contribution is -2.53. The number of fused-ring (bicyclic) bond motifs is 4. The first kappa shape index (κ1) is 23.5. The molecule has 0 spiro atoms. The van der Waals surface area contributed by atoms with Crippen LogP contribution in [0.3, 0.4) is 0 Å². The van der Waals surface area contributed by atoms with Crippen molar-refractivity contribution >= 4 is 17.9 Å². The van der Waals surface area contributed by atoms with Gasteiger partial charge in [0.05, 0.1) is 6.04 Å². The number of hydrogen-bond donors (Lipinski definition) is 1. The van der Waals surface area contributed by atoms with Crippen molar-refractivity contribution in [3.63, 3.8) is 0 Å². The minimum Gasteiger partial charge on any atom is -0.396 e. The van der Waals surface area contributed by atoms with E-state index in [1.807, 2.05) is 37.3 Å². The van der Waals surface area contributed by atoms with Crippen LogP contribution in [0.4, 0.5) is 0 Å². The molecule has 0 aliphatic carbocycles. The molecule has 0 radical (unpaired) electrons. The molecule has 1 saturated heterocycles. The van der Waals surface area contributed by atoms with Gasteiger partial charge in [0.15, 0.2) is 0 Å². The Labute approximate surface area is 204 Å². The summed E-state index contributed by atoms with van der Waals surface area (Å²) >= 11 is 0. The number of benzene rings is 1. The van der Waals surface area contributed by atoms with E-state index in [0.29, 0.717) is 30.9 Å². The SMILES string of the molecule is C/C=C/c1ccc2n(c1=O)C[C@H]1[C@H](CO)[C@@H](C(=O)N3CCc4ccccc4C3)N(C(=O)COC)[C@@H]21. The molecule has 8 nitrogen and oxygen atoms in total. The normalized spacial score (nSPS) is 25.0. The van der Waals surface area contributed by atoms with Gasteiger partial charge in [0.2, 0.25) is 11.8 Å². The standard InChI is InChI=1S/C27H31N3O5/c1-3-6-18-9-10-22-24-20(14-29(22)26(18)33)21(15-31)25(30(24)23(32)16-35-2)27(34)28-12-11-17-7-4-5-8-19(17)13-28/h3-10,20-21,24-25,31H,11-16H2,1-2H3/b6-3+/t20-,21-,24+,25-/m0/s1. The van der Waals surface area contributed by atoms with Gasteiger partial charge in [-0.2, -0.15) is 0 Å². The molecule has 1 N–H and O–H groups in total. The summed E-state index contributed by atoms with van der Waals surface area (Å²) in [6.07, 6.45) is 4.33. The van der Waals surface area contributed by atoms with Crippen LogP contribution in [0, 0.1) is 11.8 Å². The van der Waals surface area contributed by atoms with Crippen LogP contribution < -0.4 is 5.56 Å². The molecule has 2 aromatic rings. The van der Waals surface area contributed by atoms with Crippen LogP contribution in [0.15, 0.2) is 47.3 Å². The highest BCUT2D eigenvalue weighted by Crippen LogP contribution is 2.49. The number of ether oxygens (including phenoxy) is 1. The summed E-state index contributed by atoms with van der Waals surface area (Å²) in [5.41, 5.74) is 3.49. The molecule has 5 rings (SSSR count). The lowest BCUT2D eigenvalue weighted by molar-refractivity contribution is -0.149. The van der Waals surface area contributed by atoms with E-state index < -0.39 is 18.0 Å². The second-order valence-corrected chi connectivity index (χ2v) is 9.54. The molecular weight excluding hydrogens is 446 g/mol. The van der Waals surface area contributed by atoms with E-state index >= 15 is 0 Å². The van der Waals surface area contributed by atoms with Gasteiger partial charge in [-0.15, -0.1) is 0 Å². The largest absolute Gasteiger partial charge is 0.396 e. The van der Waals surface area contributed by atoms with Gasteiger partial charge < -0.3 is 24.2 Å². The van der Waals surface area contributed by atoms with Crippen molar-refractivity contribution in [2.75, 3.05) is 26.9 Å². The van der Waals surface area contributed by atoms with Crippen molar-refractivity contribution < 1.29 is 19.4 Å². The van der Waals surface area contributed by atoms with Gasteiger partial charge >= 0.3 is 0 Å². The predicted molar refractivity (Wildman–Crippen MR) is 130 cm³/mol. The summed E-state index contributed by atoms with van der Waals surface area (Å²) in [6, 6.07) is 10.4. The first-order valence-electron chi connectivity index (χ1n) is 12.1. The number of hydrogen-bond acceptors (Lipinski definition) is 5. The molecule has 184 valence electrons. The first-order valence-corrected chi connectivity index (χ1v) is 12.1. The van der Waals surface area contributed by atoms with Gasteiger partial charge in [0, 0.05) is 56.4 Å². The zero-order chi connectivity index (χ0) is 24.7. The minimum absolute atomic E-state index is 0.124. The molecule has 35 heavy (non-hydrogen) atoms. The van der Waals surface area contributed by atoms with E-state index in [1.54, 1.807) is 26.5 Å². The number of methoxy groups -OCH3 is 1. The molecule has 0 saturated carbocycles. The Morgan fingerprint density at radius 2 is 1.94 bits per heavy atom. The van der Waals surface area contributed by atoms with Crippen LogP contribution in [0.2, 0.25) is 0 Å². The third-order valence-corrected chi connectivity index (χ3v) is 7.70. The molecule has 2 amide bonds. The third kappa shape index (κ3) is 3.81. The van der Waals surface area contributed by atoms with E-state index in [1.165, 1.54) is 12.7 Å². The average molecular weight is 478 g/mol. The van der Waals surface area contributed by atoms with Gasteiger partial charge in [-0.3, -0.25) is 14.4 Å². The molecule has 4 atom stereocenters. The van der Waals surface area contributed by atoms with E-state index in [0.717, 1.165) is 12.0 Å². The van der Waals surface area contributed by atoms with Gasteiger partial charge in [0.1, 0.15) is 12.6 Å². The Kier molecular flexibility index (Phi) is 6.34. The Morgan fingerprint density at radius 1 is 1.17 bits per heavy atom. The number of amides is 2. The Hall–Kier alpha value is -3.23. The van der Waals surface area contributed by atoms with Crippen LogP contribution in [-0.4, -0.2) is 64.2 Å². The maximum absolute atomic E-state index is 14.0. The first-order chi connectivity index (χ1) is 17.0. The lowest BCUT2D eigenvalue weighted by atomic mass is 9.87. The van der Waals surface area contributed by atoms with E-state index in [2.05, 4.69) is 6.07 Å². The van der Waals surface area contributed by atoms with E-state index in [9.17, 15) is 19.5 Å². The molecule has 3 aliphatic heterocycles. The quantitative estimate of drug-likeness (QED) is 0.707. The van der Waals surface area contributed by atoms with Crippen LogP contribution in [0.1, 0.15) is 35.3 Å². The smallest absolute Gasteiger partial charge is 0.258 e. The number of aliphatic hydroxyl groups is 1. The monoisotopic (exact) mass is 477 g/mol. The number of allylic oxidation sites excluding steroid dienone is 1. The second-order valence-electron chi connectivity index (χ2n) is 9.54. The molecular formula is C27H31N3O5. The third-order valence-electron chi connectivity index (χ3n) is 7.70. The van der Waals surface area contributed by atoms with Crippen molar-refractivity contribution in [1.29, 1.82) is 0 Å². The molecule has 8 heteroatoms. The highest BCUT2D eigenvalue weighted by molar-refractivity contribution is 5.90. The number of carbonyl (C=O) groups is 2. The Bertz CT molecular complexity index is 1240. The number of nitrogens with zero attached hydrogens (tertiary/aromatic N) is 3. The van der Waals surface area contributed by atoms with Gasteiger partial charge in [-0.25, -0.2) is 0 Å². The maximum atomic E-state index is 14.0. The summed E-state index contributed by atoms with van der Waals surface area (Å²) in [7, 11) is 1.45. The highest BCUT2D eigenvalue weighted by atomic mass is 16.5. The molecule has 0 bridgehead atoms. The van der Waals surface area contributed by atoms with Crippen LogP contribution in [-0.2, 0) is 33.8 Å². The molecule has 1 fully saturated rings. The molecule has 3 aliphatic rings. The lowest BCUT2D eigenvalue weighted by Gasteiger charge is -2.36. The number of aromatic nitrogens is 1. The molecule has 0 unspecified atom stereocenters. The summed E-state index contributed by atoms with van der Waals surface area (Å²) in [5, 5.41) is 10.5. The second kappa shape index (κ2) is 9.43. The van der Waals surface area contributed by atoms with Gasteiger partial charge in [-0.1, -0.05) is 36.4 Å². The zero-order valence-electron chi connectivity index (χ0n) is 20.1. The summed E-state index contributed by atoms with van der Waals surface area (Å²) in [5.74, 6) is -1.18. The molecule has 4 heterocycles. The maximum Gasteiger partial charge on any atom is 0.258 e. The molecule has 1 aromatic carbocycles. The number of rotatable bonds is 5. The fourth-order valence-corrected chi connectivity index (χ4v) is 6.14. The van der Waals surface area contributed by atoms with Crippen molar-refractivity contribution in [3.05, 3.63) is 75.2 Å². The number of likely N-dealkylation sites (tertiary alicyclic amines) is 1. The Morgan fingerprint density at radius 3 is 2.66 bits per heavy atom. The summed E-state index contributed by atoms with van der Waals surface area (Å²) in [6.45, 7) is 2.84. The summed E-state index contributed by atoms with van der Waals surface area (Å²) < 4.78 is 6.85. The van der Waals surface area contributed by atoms with E-state index in [4.69, 9.17) is 4.74 Å². The minimum atomic E-state index is -0.804. The summed E-state index contributed by atoms with van der Waals surface area (Å²) in [4.78, 5) is 43.8. The van der Waals surface area contributed by atoms with Crippen molar-refractivity contribution in [3.8, 4) is 0 Å².